The molecule has 1 spiro atoms. The van der Waals surface area contributed by atoms with Crippen LogP contribution in [0.2, 0.25) is 0 Å². The number of rotatable bonds is 5. The minimum Gasteiger partial charge on any atom is -0.355 e. The highest BCUT2D eigenvalue weighted by atomic mass is 16.2. The van der Waals surface area contributed by atoms with Gasteiger partial charge in [-0.1, -0.05) is 27.7 Å². The fourth-order valence-corrected chi connectivity index (χ4v) is 4.49. The number of anilines is 1. The van der Waals surface area contributed by atoms with Crippen molar-refractivity contribution >= 4 is 28.9 Å². The average Bonchev–Trinajstić information content (AvgIpc) is 3.23. The number of aromatic amines is 1. The Balaban J connectivity index is 1.61. The lowest BCUT2D eigenvalue weighted by atomic mass is 9.85. The number of urea groups is 1. The van der Waals surface area contributed by atoms with Gasteiger partial charge in [-0.3, -0.25) is 9.69 Å². The smallest absolute Gasteiger partial charge is 0.327 e. The quantitative estimate of drug-likeness (QED) is 0.775. The number of H-pyrrole nitrogens is 1. The average molecular weight is 399 g/mol. The molecule has 2 aliphatic rings. The number of nitrogens with one attached hydrogen (secondary N) is 1. The Hall–Kier alpha value is -2.71. The van der Waals surface area contributed by atoms with Gasteiger partial charge >= 0.3 is 6.03 Å². The Morgan fingerprint density at radius 3 is 2.38 bits per heavy atom. The molecule has 0 aliphatic carbocycles. The number of nitrogens with zero attached hydrogens (tertiary/aromatic N) is 6. The van der Waals surface area contributed by atoms with E-state index in [1.54, 1.807) is 6.33 Å². The topological polar surface area (TPSA) is 98.3 Å². The first-order valence-electron chi connectivity index (χ1n) is 10.4. The van der Waals surface area contributed by atoms with Crippen molar-refractivity contribution in [2.75, 3.05) is 31.1 Å². The predicted molar refractivity (Wildman–Crippen MR) is 109 cm³/mol. The largest absolute Gasteiger partial charge is 0.355 e. The zero-order chi connectivity index (χ0) is 20.8. The number of amides is 3. The number of piperidine rings is 1. The molecule has 0 unspecified atom stereocenters. The maximum Gasteiger partial charge on any atom is 0.327 e. The summed E-state index contributed by atoms with van der Waals surface area (Å²) in [6.07, 6.45) is 4.32. The van der Waals surface area contributed by atoms with E-state index < -0.39 is 5.54 Å². The second-order valence-electron chi connectivity index (χ2n) is 8.91. The van der Waals surface area contributed by atoms with Gasteiger partial charge in [-0.25, -0.2) is 19.7 Å². The third kappa shape index (κ3) is 3.22. The monoisotopic (exact) mass is 399 g/mol. The van der Waals surface area contributed by atoms with E-state index in [1.165, 1.54) is 11.2 Å². The summed E-state index contributed by atoms with van der Waals surface area (Å²) in [5.74, 6) is 1.31. The number of hydrogen-bond donors (Lipinski definition) is 1. The van der Waals surface area contributed by atoms with Crippen molar-refractivity contribution in [3.05, 3.63) is 12.7 Å². The highest BCUT2D eigenvalue weighted by molar-refractivity contribution is 6.07. The van der Waals surface area contributed by atoms with E-state index >= 15 is 0 Å². The van der Waals surface area contributed by atoms with Gasteiger partial charge in [0.2, 0.25) is 0 Å². The molecule has 29 heavy (non-hydrogen) atoms. The van der Waals surface area contributed by atoms with Crippen LogP contribution < -0.4 is 4.90 Å². The van der Waals surface area contributed by atoms with Crippen molar-refractivity contribution in [2.24, 2.45) is 11.8 Å². The van der Waals surface area contributed by atoms with Crippen LogP contribution in [0.1, 0.15) is 40.5 Å². The van der Waals surface area contributed by atoms with Crippen molar-refractivity contribution in [1.82, 2.24) is 29.7 Å². The van der Waals surface area contributed by atoms with E-state index in [4.69, 9.17) is 0 Å². The van der Waals surface area contributed by atoms with E-state index in [1.807, 2.05) is 18.7 Å². The summed E-state index contributed by atoms with van der Waals surface area (Å²) >= 11 is 0. The summed E-state index contributed by atoms with van der Waals surface area (Å²) < 4.78 is 0. The molecular formula is C20H29N7O2. The van der Waals surface area contributed by atoms with Gasteiger partial charge in [0.25, 0.3) is 5.91 Å². The normalized spacial score (nSPS) is 19.6. The number of imidazole rings is 1. The SMILES string of the molecule is CC(C)CN1C(=O)N(CC(C)C)C2(CCN(c3ncnc4nc[nH]c34)CC2)C1=O. The maximum atomic E-state index is 13.4. The molecule has 2 aromatic heterocycles. The maximum absolute atomic E-state index is 13.4. The van der Waals surface area contributed by atoms with Gasteiger partial charge in [-0.2, -0.15) is 0 Å². The summed E-state index contributed by atoms with van der Waals surface area (Å²) in [6.45, 7) is 10.6. The second-order valence-corrected chi connectivity index (χ2v) is 8.91. The van der Waals surface area contributed by atoms with Gasteiger partial charge in [0, 0.05) is 26.2 Å². The number of carbonyl (C=O) groups excluding carboxylic acids is 2. The summed E-state index contributed by atoms with van der Waals surface area (Å²) in [5, 5.41) is 0. The van der Waals surface area contributed by atoms with Crippen molar-refractivity contribution in [2.45, 2.75) is 46.1 Å². The van der Waals surface area contributed by atoms with Crippen LogP contribution in [0.5, 0.6) is 0 Å². The zero-order valence-electron chi connectivity index (χ0n) is 17.6. The summed E-state index contributed by atoms with van der Waals surface area (Å²) in [4.78, 5) is 48.0. The van der Waals surface area contributed by atoms with Gasteiger partial charge in [0.1, 0.15) is 17.4 Å². The van der Waals surface area contributed by atoms with E-state index in [9.17, 15) is 9.59 Å². The molecule has 4 rings (SSSR count). The molecule has 0 radical (unpaired) electrons. The Labute approximate surface area is 170 Å². The third-order valence-corrected chi connectivity index (χ3v) is 5.81. The predicted octanol–water partition coefficient (Wildman–Crippen LogP) is 2.27. The fraction of sp³-hybridized carbons (Fsp3) is 0.650. The molecule has 0 bridgehead atoms. The number of hydrogen-bond acceptors (Lipinski definition) is 6. The fourth-order valence-electron chi connectivity index (χ4n) is 4.49. The molecular weight excluding hydrogens is 370 g/mol. The molecule has 2 saturated heterocycles. The van der Waals surface area contributed by atoms with E-state index in [0.29, 0.717) is 50.6 Å². The van der Waals surface area contributed by atoms with Crippen molar-refractivity contribution in [3.63, 3.8) is 0 Å². The molecule has 2 fully saturated rings. The second kappa shape index (κ2) is 7.27. The van der Waals surface area contributed by atoms with Crippen molar-refractivity contribution in [1.29, 1.82) is 0 Å². The first-order valence-corrected chi connectivity index (χ1v) is 10.4. The van der Waals surface area contributed by atoms with Crippen LogP contribution >= 0.6 is 0 Å². The van der Waals surface area contributed by atoms with Gasteiger partial charge in [0.15, 0.2) is 11.5 Å². The first-order chi connectivity index (χ1) is 13.8. The number of aromatic nitrogens is 4. The van der Waals surface area contributed by atoms with Crippen LogP contribution in [0, 0.1) is 11.8 Å². The molecule has 0 aromatic carbocycles. The lowest BCUT2D eigenvalue weighted by Crippen LogP contribution is -2.57. The molecule has 9 nitrogen and oxygen atoms in total. The molecule has 9 heteroatoms. The van der Waals surface area contributed by atoms with Crippen LogP contribution in [-0.2, 0) is 4.79 Å². The van der Waals surface area contributed by atoms with Crippen molar-refractivity contribution < 1.29 is 9.59 Å². The lowest BCUT2D eigenvalue weighted by Gasteiger charge is -2.43. The van der Waals surface area contributed by atoms with E-state index in [-0.39, 0.29) is 17.9 Å². The van der Waals surface area contributed by atoms with E-state index in [0.717, 1.165) is 11.3 Å². The van der Waals surface area contributed by atoms with Crippen LogP contribution in [0.3, 0.4) is 0 Å². The first kappa shape index (κ1) is 19.6. The van der Waals surface area contributed by atoms with Gasteiger partial charge in [0.05, 0.1) is 6.33 Å². The number of carbonyl (C=O) groups is 2. The Morgan fingerprint density at radius 1 is 1.03 bits per heavy atom. The van der Waals surface area contributed by atoms with Crippen molar-refractivity contribution in [3.8, 4) is 0 Å². The Morgan fingerprint density at radius 2 is 1.72 bits per heavy atom. The van der Waals surface area contributed by atoms with E-state index in [2.05, 4.69) is 38.7 Å². The molecule has 2 aromatic rings. The van der Waals surface area contributed by atoms with Crippen LogP contribution in [0.4, 0.5) is 10.6 Å². The highest BCUT2D eigenvalue weighted by Gasteiger charge is 2.58. The summed E-state index contributed by atoms with van der Waals surface area (Å²) in [6, 6.07) is -0.135. The third-order valence-electron chi connectivity index (χ3n) is 5.81. The number of fused-ring (bicyclic) bond motifs is 1. The Kier molecular flexibility index (Phi) is 4.92. The molecule has 1 N–H and O–H groups in total. The minimum atomic E-state index is -0.743. The summed E-state index contributed by atoms with van der Waals surface area (Å²) in [7, 11) is 0. The highest BCUT2D eigenvalue weighted by Crippen LogP contribution is 2.39. The van der Waals surface area contributed by atoms with Gasteiger partial charge in [-0.05, 0) is 24.7 Å². The van der Waals surface area contributed by atoms with Crippen LogP contribution in [-0.4, -0.2) is 73.4 Å². The van der Waals surface area contributed by atoms with Gasteiger partial charge < -0.3 is 14.8 Å². The van der Waals surface area contributed by atoms with Crippen LogP contribution in [0.25, 0.3) is 11.2 Å². The molecule has 0 saturated carbocycles. The molecule has 3 amide bonds. The summed E-state index contributed by atoms with van der Waals surface area (Å²) in [5.41, 5.74) is 0.692. The number of imide groups is 1. The van der Waals surface area contributed by atoms with Gasteiger partial charge in [-0.15, -0.1) is 0 Å². The molecule has 2 aliphatic heterocycles. The minimum absolute atomic E-state index is 0.0362. The molecule has 0 atom stereocenters. The Bertz CT molecular complexity index is 914. The molecule has 156 valence electrons. The lowest BCUT2D eigenvalue weighted by molar-refractivity contribution is -0.134. The zero-order valence-corrected chi connectivity index (χ0v) is 17.6. The van der Waals surface area contributed by atoms with Crippen LogP contribution in [0.15, 0.2) is 12.7 Å². The molecule has 4 heterocycles. The standard InChI is InChI=1S/C20H29N7O2/c1-13(2)9-26-18(28)20(27(19(26)29)10-14(3)4)5-7-25(8-6-20)17-15-16(22-11-21-15)23-12-24-17/h11-14H,5-10H2,1-4H3,(H,21,22,23,24).